The first kappa shape index (κ1) is 16.9. The van der Waals surface area contributed by atoms with E-state index in [9.17, 15) is 0 Å². The summed E-state index contributed by atoms with van der Waals surface area (Å²) in [7, 11) is 1.80. The molecule has 1 aliphatic carbocycles. The predicted molar refractivity (Wildman–Crippen MR) is 82.4 cm³/mol. The van der Waals surface area contributed by atoms with E-state index in [0.29, 0.717) is 0 Å². The van der Waals surface area contributed by atoms with E-state index >= 15 is 0 Å². The van der Waals surface area contributed by atoms with Gasteiger partial charge in [-0.05, 0) is 58.4 Å². The van der Waals surface area contributed by atoms with E-state index in [0.717, 1.165) is 32.0 Å². The van der Waals surface area contributed by atoms with Gasteiger partial charge in [0.05, 0.1) is 5.60 Å². The number of hydrogen-bond donors (Lipinski definition) is 1. The van der Waals surface area contributed by atoms with Gasteiger partial charge >= 0.3 is 0 Å². The minimum Gasteiger partial charge on any atom is -0.379 e. The van der Waals surface area contributed by atoms with Gasteiger partial charge in [-0.1, -0.05) is 13.8 Å². The molecule has 0 heterocycles. The molecule has 1 aliphatic rings. The Balaban J connectivity index is 2.65. The molecule has 3 nitrogen and oxygen atoms in total. The van der Waals surface area contributed by atoms with Crippen LogP contribution < -0.4 is 5.73 Å². The zero-order valence-electron chi connectivity index (χ0n) is 13.7. The van der Waals surface area contributed by atoms with E-state index in [1.807, 2.05) is 0 Å². The second kappa shape index (κ2) is 7.05. The Bertz CT molecular complexity index is 257. The normalized spacial score (nSPS) is 28.9. The van der Waals surface area contributed by atoms with Gasteiger partial charge in [-0.25, -0.2) is 0 Å². The zero-order valence-corrected chi connectivity index (χ0v) is 13.7. The van der Waals surface area contributed by atoms with Crippen molar-refractivity contribution in [3.63, 3.8) is 0 Å². The lowest BCUT2D eigenvalue weighted by atomic mass is 9.75. The van der Waals surface area contributed by atoms with Gasteiger partial charge in [-0.15, -0.1) is 0 Å². The average Bonchev–Trinajstić information content (AvgIpc) is 2.41. The third-order valence-electron chi connectivity index (χ3n) is 5.17. The van der Waals surface area contributed by atoms with Crippen LogP contribution in [0.5, 0.6) is 0 Å². The average molecular weight is 270 g/mol. The molecule has 0 aliphatic heterocycles. The van der Waals surface area contributed by atoms with Crippen molar-refractivity contribution in [3.05, 3.63) is 0 Å². The first-order chi connectivity index (χ1) is 8.89. The van der Waals surface area contributed by atoms with Gasteiger partial charge < -0.3 is 10.5 Å². The van der Waals surface area contributed by atoms with Crippen LogP contribution in [0, 0.1) is 5.92 Å². The predicted octanol–water partition coefficient (Wildman–Crippen LogP) is 3.03. The van der Waals surface area contributed by atoms with Crippen molar-refractivity contribution in [2.24, 2.45) is 11.7 Å². The van der Waals surface area contributed by atoms with Gasteiger partial charge in [0, 0.05) is 25.7 Å². The maximum atomic E-state index is 6.16. The van der Waals surface area contributed by atoms with E-state index in [1.54, 1.807) is 7.11 Å². The number of hydrogen-bond acceptors (Lipinski definition) is 3. The molecule has 1 saturated carbocycles. The molecule has 3 heteroatoms. The van der Waals surface area contributed by atoms with Crippen LogP contribution in [0.4, 0.5) is 0 Å². The number of likely N-dealkylation sites (N-methyl/N-ethyl adjacent to an activating group) is 1. The summed E-state index contributed by atoms with van der Waals surface area (Å²) in [6, 6.07) is 0. The summed E-state index contributed by atoms with van der Waals surface area (Å²) in [5, 5.41) is 0. The molecule has 0 bridgehead atoms. The Morgan fingerprint density at radius 2 is 1.89 bits per heavy atom. The molecule has 0 unspecified atom stereocenters. The van der Waals surface area contributed by atoms with Crippen molar-refractivity contribution in [1.82, 2.24) is 4.90 Å². The molecule has 0 amide bonds. The van der Waals surface area contributed by atoms with Crippen molar-refractivity contribution >= 4 is 0 Å². The van der Waals surface area contributed by atoms with Gasteiger partial charge in [0.15, 0.2) is 0 Å². The van der Waals surface area contributed by atoms with Crippen molar-refractivity contribution in [3.8, 4) is 0 Å². The van der Waals surface area contributed by atoms with E-state index in [2.05, 4.69) is 32.6 Å². The fourth-order valence-electron chi connectivity index (χ4n) is 3.19. The van der Waals surface area contributed by atoms with Crippen LogP contribution in [-0.2, 0) is 4.74 Å². The first-order valence-corrected chi connectivity index (χ1v) is 7.89. The number of nitrogens with two attached hydrogens (primary N) is 1. The lowest BCUT2D eigenvalue weighted by molar-refractivity contribution is -0.0137. The van der Waals surface area contributed by atoms with E-state index in [4.69, 9.17) is 10.5 Å². The van der Waals surface area contributed by atoms with E-state index in [1.165, 1.54) is 25.7 Å². The third kappa shape index (κ3) is 4.44. The second-order valence-electron chi connectivity index (χ2n) is 6.90. The standard InChI is InChI=1S/C16H34N2O/c1-6-18(12-11-15(3,4)19-5)16(13-17)9-7-14(2)8-10-16/h14H,6-13,17H2,1-5H3. The van der Waals surface area contributed by atoms with Crippen molar-refractivity contribution < 1.29 is 4.74 Å². The fourth-order valence-corrected chi connectivity index (χ4v) is 3.19. The zero-order chi connectivity index (χ0) is 14.5. The lowest BCUT2D eigenvalue weighted by Gasteiger charge is -2.47. The molecule has 19 heavy (non-hydrogen) atoms. The summed E-state index contributed by atoms with van der Waals surface area (Å²) in [5.41, 5.74) is 6.36. The Morgan fingerprint density at radius 3 is 2.32 bits per heavy atom. The van der Waals surface area contributed by atoms with Crippen LogP contribution in [0.1, 0.15) is 59.8 Å². The summed E-state index contributed by atoms with van der Waals surface area (Å²) in [6.07, 6.45) is 6.22. The van der Waals surface area contributed by atoms with Gasteiger partial charge in [-0.3, -0.25) is 4.90 Å². The van der Waals surface area contributed by atoms with Crippen LogP contribution in [0.2, 0.25) is 0 Å². The Kier molecular flexibility index (Phi) is 6.28. The van der Waals surface area contributed by atoms with Crippen LogP contribution in [0.15, 0.2) is 0 Å². The molecule has 0 radical (unpaired) electrons. The lowest BCUT2D eigenvalue weighted by Crippen LogP contribution is -2.56. The molecule has 0 aromatic carbocycles. The Hall–Kier alpha value is -0.120. The monoisotopic (exact) mass is 270 g/mol. The smallest absolute Gasteiger partial charge is 0.0634 e. The first-order valence-electron chi connectivity index (χ1n) is 7.89. The molecule has 0 aromatic rings. The molecular formula is C16H34N2O. The molecule has 0 aromatic heterocycles. The third-order valence-corrected chi connectivity index (χ3v) is 5.17. The van der Waals surface area contributed by atoms with Crippen LogP contribution >= 0.6 is 0 Å². The Morgan fingerprint density at radius 1 is 1.32 bits per heavy atom. The molecule has 0 spiro atoms. The van der Waals surface area contributed by atoms with Crippen molar-refractivity contribution in [2.45, 2.75) is 70.9 Å². The molecule has 1 fully saturated rings. The maximum Gasteiger partial charge on any atom is 0.0634 e. The SMILES string of the molecule is CCN(CCC(C)(C)OC)C1(CN)CCC(C)CC1. The summed E-state index contributed by atoms with van der Waals surface area (Å²) >= 11 is 0. The highest BCUT2D eigenvalue weighted by Gasteiger charge is 2.38. The number of nitrogens with zero attached hydrogens (tertiary/aromatic N) is 1. The van der Waals surface area contributed by atoms with Gasteiger partial charge in [0.1, 0.15) is 0 Å². The van der Waals surface area contributed by atoms with Crippen molar-refractivity contribution in [1.29, 1.82) is 0 Å². The van der Waals surface area contributed by atoms with Crippen LogP contribution in [0.3, 0.4) is 0 Å². The van der Waals surface area contributed by atoms with Gasteiger partial charge in [0.25, 0.3) is 0 Å². The van der Waals surface area contributed by atoms with Crippen LogP contribution in [-0.4, -0.2) is 42.8 Å². The Labute approximate surface area is 119 Å². The highest BCUT2D eigenvalue weighted by molar-refractivity contribution is 4.95. The summed E-state index contributed by atoms with van der Waals surface area (Å²) in [6.45, 7) is 11.9. The van der Waals surface area contributed by atoms with Gasteiger partial charge in [0.2, 0.25) is 0 Å². The second-order valence-corrected chi connectivity index (χ2v) is 6.90. The summed E-state index contributed by atoms with van der Waals surface area (Å²) < 4.78 is 5.55. The highest BCUT2D eigenvalue weighted by atomic mass is 16.5. The summed E-state index contributed by atoms with van der Waals surface area (Å²) in [5.74, 6) is 0.869. The van der Waals surface area contributed by atoms with E-state index < -0.39 is 0 Å². The molecule has 0 atom stereocenters. The topological polar surface area (TPSA) is 38.5 Å². The van der Waals surface area contributed by atoms with Crippen molar-refractivity contribution in [2.75, 3.05) is 26.7 Å². The minimum absolute atomic E-state index is 0.0365. The fraction of sp³-hybridized carbons (Fsp3) is 1.00. The number of rotatable bonds is 7. The molecule has 1 rings (SSSR count). The van der Waals surface area contributed by atoms with E-state index in [-0.39, 0.29) is 11.1 Å². The molecule has 0 saturated heterocycles. The minimum atomic E-state index is -0.0365. The largest absolute Gasteiger partial charge is 0.379 e. The molecule has 2 N–H and O–H groups in total. The number of ether oxygens (including phenoxy) is 1. The maximum absolute atomic E-state index is 6.16. The van der Waals surface area contributed by atoms with Crippen LogP contribution in [0.25, 0.3) is 0 Å². The highest BCUT2D eigenvalue weighted by Crippen LogP contribution is 2.36. The quantitative estimate of drug-likeness (QED) is 0.773. The molecular weight excluding hydrogens is 236 g/mol. The summed E-state index contributed by atoms with van der Waals surface area (Å²) in [4.78, 5) is 2.61. The number of methoxy groups -OCH3 is 1. The molecule has 114 valence electrons. The van der Waals surface area contributed by atoms with Gasteiger partial charge in [-0.2, -0.15) is 0 Å².